The third kappa shape index (κ3) is 8.77. The smallest absolute Gasteiger partial charge is 0.181 e. The van der Waals surface area contributed by atoms with Gasteiger partial charge in [0.25, 0.3) is 0 Å². The Morgan fingerprint density at radius 2 is 1.80 bits per heavy atom. The van der Waals surface area contributed by atoms with Gasteiger partial charge in [-0.2, -0.15) is 5.10 Å². The van der Waals surface area contributed by atoms with Crippen molar-refractivity contribution in [2.24, 2.45) is 4.99 Å². The fourth-order valence-electron chi connectivity index (χ4n) is 4.64. The first-order chi connectivity index (χ1) is 21.9. The zero-order chi connectivity index (χ0) is 32.8. The number of allylic oxidation sites excluding steroid dienone is 7. The maximum Gasteiger partial charge on any atom is 0.181 e. The van der Waals surface area contributed by atoms with Crippen LogP contribution in [-0.4, -0.2) is 32.9 Å². The van der Waals surface area contributed by atoms with Crippen molar-refractivity contribution >= 4 is 33.2 Å². The molecule has 0 bridgehead atoms. The van der Waals surface area contributed by atoms with Crippen LogP contribution in [0.2, 0.25) is 0 Å². The number of hydrogen-bond donors (Lipinski definition) is 3. The van der Waals surface area contributed by atoms with Gasteiger partial charge >= 0.3 is 0 Å². The Labute approximate surface area is 267 Å². The topological polar surface area (TPSA) is 81.8 Å². The number of nitrogens with one attached hydrogen (secondary N) is 3. The van der Waals surface area contributed by atoms with E-state index in [0.717, 1.165) is 44.8 Å². The summed E-state index contributed by atoms with van der Waals surface area (Å²) in [5.41, 5.74) is 11.0. The van der Waals surface area contributed by atoms with Crippen molar-refractivity contribution in [2.45, 2.75) is 34.6 Å². The molecule has 0 saturated carbocycles. The van der Waals surface area contributed by atoms with Crippen LogP contribution >= 0.6 is 0 Å². The molecule has 5 rings (SSSR count). The molecule has 45 heavy (non-hydrogen) atoms. The van der Waals surface area contributed by atoms with Crippen LogP contribution in [0.1, 0.15) is 38.8 Å². The molecular weight excluding hydrogens is 552 g/mol. The van der Waals surface area contributed by atoms with Gasteiger partial charge < -0.3 is 10.3 Å². The molecule has 0 aliphatic rings. The quantitative estimate of drug-likeness (QED) is 0.117. The Morgan fingerprint density at radius 1 is 1.02 bits per heavy atom. The van der Waals surface area contributed by atoms with E-state index in [4.69, 9.17) is 0 Å². The SMILES string of the molecule is C=C/C(=C\C(=C)NC)c1cnc2n[nH]c(-c3cc4c(-c5cccc(C)c5)cccc4[nH]3)c2c1.C=C\C=C/N=C(C)/C=C/C.CC. The number of H-pyrrole nitrogens is 2. The van der Waals surface area contributed by atoms with E-state index in [1.54, 1.807) is 18.4 Å². The molecular formula is C39H44N6. The number of nitrogens with zero attached hydrogens (tertiary/aromatic N) is 3. The molecule has 2 aromatic carbocycles. The van der Waals surface area contributed by atoms with E-state index in [2.05, 4.69) is 112 Å². The predicted octanol–water partition coefficient (Wildman–Crippen LogP) is 10.1. The molecule has 230 valence electrons. The van der Waals surface area contributed by atoms with Gasteiger partial charge in [0, 0.05) is 52.7 Å². The molecule has 0 aliphatic heterocycles. The zero-order valence-electron chi connectivity index (χ0n) is 27.3. The lowest BCUT2D eigenvalue weighted by molar-refractivity contribution is 1.04. The first-order valence-electron chi connectivity index (χ1n) is 15.1. The average molecular weight is 597 g/mol. The van der Waals surface area contributed by atoms with Crippen molar-refractivity contribution in [1.29, 1.82) is 0 Å². The minimum absolute atomic E-state index is 0.669. The third-order valence-corrected chi connectivity index (χ3v) is 6.78. The van der Waals surface area contributed by atoms with E-state index in [-0.39, 0.29) is 0 Å². The molecule has 0 unspecified atom stereocenters. The van der Waals surface area contributed by atoms with Gasteiger partial charge in [-0.3, -0.25) is 10.1 Å². The molecule has 3 heterocycles. The van der Waals surface area contributed by atoms with Crippen LogP contribution in [0.15, 0.2) is 134 Å². The second-order valence-corrected chi connectivity index (χ2v) is 9.94. The maximum atomic E-state index is 4.56. The molecule has 6 heteroatoms. The van der Waals surface area contributed by atoms with Crippen LogP contribution < -0.4 is 5.32 Å². The molecule has 0 radical (unpaired) electrons. The molecule has 5 aromatic rings. The predicted molar refractivity (Wildman–Crippen MR) is 196 cm³/mol. The number of benzene rings is 2. The van der Waals surface area contributed by atoms with E-state index in [1.807, 2.05) is 65.2 Å². The van der Waals surface area contributed by atoms with E-state index < -0.39 is 0 Å². The van der Waals surface area contributed by atoms with E-state index in [1.165, 1.54) is 22.1 Å². The lowest BCUT2D eigenvalue weighted by atomic mass is 10.00. The Bertz CT molecular complexity index is 1890. The highest BCUT2D eigenvalue weighted by molar-refractivity contribution is 6.01. The fraction of sp³-hybridized carbons (Fsp3) is 0.154. The van der Waals surface area contributed by atoms with Crippen molar-refractivity contribution in [3.63, 3.8) is 0 Å². The number of aryl methyl sites for hydroxylation is 1. The molecule has 0 atom stereocenters. The highest BCUT2D eigenvalue weighted by Gasteiger charge is 2.15. The largest absolute Gasteiger partial charge is 0.389 e. The summed E-state index contributed by atoms with van der Waals surface area (Å²) in [4.78, 5) is 12.2. The Morgan fingerprint density at radius 3 is 2.49 bits per heavy atom. The van der Waals surface area contributed by atoms with Crippen LogP contribution in [0.25, 0.3) is 50.0 Å². The number of hydrogen-bond acceptors (Lipinski definition) is 4. The molecule has 0 saturated heterocycles. The zero-order valence-corrected chi connectivity index (χ0v) is 27.3. The number of fused-ring (bicyclic) bond motifs is 2. The normalized spacial score (nSPS) is 11.7. The van der Waals surface area contributed by atoms with Crippen LogP contribution in [-0.2, 0) is 0 Å². The Hall–Kier alpha value is -5.49. The Kier molecular flexibility index (Phi) is 12.8. The number of aliphatic imine (C=N–C) groups is 1. The molecule has 3 N–H and O–H groups in total. The summed E-state index contributed by atoms with van der Waals surface area (Å²) in [7, 11) is 1.84. The van der Waals surface area contributed by atoms with Crippen LogP contribution in [0.4, 0.5) is 0 Å². The molecule has 6 nitrogen and oxygen atoms in total. The first kappa shape index (κ1) is 34.0. The molecule has 0 aliphatic carbocycles. The highest BCUT2D eigenvalue weighted by atomic mass is 15.2. The highest BCUT2D eigenvalue weighted by Crippen LogP contribution is 2.34. The van der Waals surface area contributed by atoms with Crippen molar-refractivity contribution in [3.05, 3.63) is 140 Å². The molecule has 0 amide bonds. The van der Waals surface area contributed by atoms with Gasteiger partial charge in [0.1, 0.15) is 0 Å². The Balaban J connectivity index is 0.000000395. The van der Waals surface area contributed by atoms with E-state index in [0.29, 0.717) is 5.65 Å². The molecule has 0 spiro atoms. The summed E-state index contributed by atoms with van der Waals surface area (Å²) in [6, 6.07) is 19.2. The van der Waals surface area contributed by atoms with Crippen LogP contribution in [0.3, 0.4) is 0 Å². The number of likely N-dealkylation sites (N-methyl/N-ethyl adjacent to an activating group) is 1. The number of aromatic amines is 2. The summed E-state index contributed by atoms with van der Waals surface area (Å²) in [5, 5.41) is 12.8. The first-order valence-corrected chi connectivity index (χ1v) is 15.1. The van der Waals surface area contributed by atoms with E-state index >= 15 is 0 Å². The fourth-order valence-corrected chi connectivity index (χ4v) is 4.64. The summed E-state index contributed by atoms with van der Waals surface area (Å²) >= 11 is 0. The van der Waals surface area contributed by atoms with Crippen molar-refractivity contribution in [3.8, 4) is 22.5 Å². The minimum Gasteiger partial charge on any atom is -0.389 e. The lowest BCUT2D eigenvalue weighted by Crippen LogP contribution is -2.01. The number of pyridine rings is 1. The summed E-state index contributed by atoms with van der Waals surface area (Å²) < 4.78 is 0. The van der Waals surface area contributed by atoms with E-state index in [9.17, 15) is 0 Å². The van der Waals surface area contributed by atoms with Gasteiger partial charge in [0.15, 0.2) is 5.65 Å². The van der Waals surface area contributed by atoms with Crippen molar-refractivity contribution in [1.82, 2.24) is 25.5 Å². The molecule has 0 fully saturated rings. The second kappa shape index (κ2) is 17.0. The summed E-state index contributed by atoms with van der Waals surface area (Å²) in [6.07, 6.45) is 14.7. The van der Waals surface area contributed by atoms with Crippen molar-refractivity contribution < 1.29 is 0 Å². The second-order valence-electron chi connectivity index (χ2n) is 9.94. The van der Waals surface area contributed by atoms with Crippen molar-refractivity contribution in [2.75, 3.05) is 7.05 Å². The van der Waals surface area contributed by atoms with Crippen LogP contribution in [0, 0.1) is 6.92 Å². The average Bonchev–Trinajstić information content (AvgIpc) is 3.69. The monoisotopic (exact) mass is 596 g/mol. The van der Waals surface area contributed by atoms with Gasteiger partial charge in [-0.25, -0.2) is 4.98 Å². The summed E-state index contributed by atoms with van der Waals surface area (Å²) in [6.45, 7) is 21.5. The van der Waals surface area contributed by atoms with Gasteiger partial charge in [0.05, 0.1) is 11.4 Å². The van der Waals surface area contributed by atoms with Gasteiger partial charge in [0.2, 0.25) is 0 Å². The standard InChI is InChI=1S/C28H25N5.C9H13N.C2H6/c1-5-19(13-18(3)29-4)21-14-24-27(32-33-28(24)30-16-21)26-15-23-22(10-7-11-25(23)31-26)20-9-6-8-17(2)12-20;1-4-6-8-10-9(3)7-5-2;1-2/h5-16,29,31H,1,3H2,2,4H3,(H,30,32,33);4-8H,1H2,2-3H3;1-2H3/b19-13+;7-5+,8-6-,10-9+;. The maximum absolute atomic E-state index is 4.56. The minimum atomic E-state index is 0.669. The lowest BCUT2D eigenvalue weighted by Gasteiger charge is -2.05. The number of rotatable bonds is 9. The third-order valence-electron chi connectivity index (χ3n) is 6.78. The molecule has 3 aromatic heterocycles. The van der Waals surface area contributed by atoms with Gasteiger partial charge in [-0.1, -0.05) is 93.8 Å². The number of aromatic nitrogens is 4. The van der Waals surface area contributed by atoms with Crippen LogP contribution in [0.5, 0.6) is 0 Å². The van der Waals surface area contributed by atoms with Gasteiger partial charge in [-0.15, -0.1) is 0 Å². The van der Waals surface area contributed by atoms with Gasteiger partial charge in [-0.05, 0) is 73.9 Å². The summed E-state index contributed by atoms with van der Waals surface area (Å²) in [5.74, 6) is 0.